The minimum atomic E-state index is -2.54. The van der Waals surface area contributed by atoms with Gasteiger partial charge in [0.25, 0.3) is 5.91 Å². The highest BCUT2D eigenvalue weighted by molar-refractivity contribution is 6.05. The average Bonchev–Trinajstić information content (AvgIpc) is 3.32. The second kappa shape index (κ2) is 8.53. The van der Waals surface area contributed by atoms with Crippen LogP contribution in [-0.4, -0.2) is 64.2 Å². The Hall–Kier alpha value is -2.46. The summed E-state index contributed by atoms with van der Waals surface area (Å²) in [6.45, 7) is 5.06. The van der Waals surface area contributed by atoms with E-state index in [9.17, 15) is 28.3 Å². The van der Waals surface area contributed by atoms with Gasteiger partial charge in [-0.05, 0) is 44.1 Å². The van der Waals surface area contributed by atoms with Gasteiger partial charge in [0, 0.05) is 45.0 Å². The molecule has 0 aromatic carbocycles. The molecule has 4 aliphatic heterocycles. The van der Waals surface area contributed by atoms with Crippen molar-refractivity contribution in [1.82, 2.24) is 15.1 Å². The van der Waals surface area contributed by atoms with E-state index in [4.69, 9.17) is 0 Å². The lowest BCUT2D eigenvalue weighted by Crippen LogP contribution is -2.57. The van der Waals surface area contributed by atoms with Crippen LogP contribution >= 0.6 is 0 Å². The van der Waals surface area contributed by atoms with Crippen molar-refractivity contribution in [3.8, 4) is 0 Å². The number of nitrogens with one attached hydrogen (secondary N) is 1. The molecule has 1 saturated carbocycles. The zero-order valence-electron chi connectivity index (χ0n) is 21.3. The molecule has 3 fully saturated rings. The highest BCUT2D eigenvalue weighted by Crippen LogP contribution is 2.52. The molecule has 37 heavy (non-hydrogen) atoms. The third-order valence-corrected chi connectivity index (χ3v) is 9.84. The first-order valence-electron chi connectivity index (χ1n) is 13.6. The second-order valence-corrected chi connectivity index (χ2v) is 11.8. The molecule has 8 nitrogen and oxygen atoms in total. The molecule has 3 amide bonds. The van der Waals surface area contributed by atoms with Crippen LogP contribution in [0.1, 0.15) is 80.0 Å². The first-order valence-corrected chi connectivity index (χ1v) is 13.6. The van der Waals surface area contributed by atoms with Gasteiger partial charge in [-0.2, -0.15) is 4.57 Å². The number of alkyl halides is 2. The molecule has 5 heterocycles. The largest absolute Gasteiger partial charge is 0.378 e. The van der Waals surface area contributed by atoms with Crippen molar-refractivity contribution < 1.29 is 32.8 Å². The highest BCUT2D eigenvalue weighted by atomic mass is 19.3. The second-order valence-electron chi connectivity index (χ2n) is 11.8. The summed E-state index contributed by atoms with van der Waals surface area (Å²) in [5, 5.41) is 14.5. The Labute approximate surface area is 215 Å². The number of amides is 3. The van der Waals surface area contributed by atoms with Crippen LogP contribution in [0.25, 0.3) is 0 Å². The Morgan fingerprint density at radius 3 is 2.59 bits per heavy atom. The Kier molecular flexibility index (Phi) is 5.73. The summed E-state index contributed by atoms with van der Waals surface area (Å²) in [6.07, 6.45) is 2.79. The van der Waals surface area contributed by atoms with Crippen molar-refractivity contribution in [2.75, 3.05) is 19.6 Å². The Morgan fingerprint density at radius 2 is 1.89 bits per heavy atom. The topological polar surface area (TPSA) is 93.8 Å². The van der Waals surface area contributed by atoms with Gasteiger partial charge in [0.15, 0.2) is 12.1 Å². The van der Waals surface area contributed by atoms with Gasteiger partial charge < -0.3 is 14.9 Å². The third-order valence-electron chi connectivity index (χ3n) is 9.84. The molecule has 1 aliphatic carbocycles. The van der Waals surface area contributed by atoms with E-state index in [-0.39, 0.29) is 43.5 Å². The zero-order valence-corrected chi connectivity index (χ0v) is 21.3. The molecule has 1 aromatic rings. The maximum Gasteiger partial charge on any atom is 0.261 e. The van der Waals surface area contributed by atoms with Crippen LogP contribution in [0.2, 0.25) is 0 Å². The monoisotopic (exact) mass is 517 g/mol. The van der Waals surface area contributed by atoms with Crippen molar-refractivity contribution >= 4 is 17.7 Å². The predicted octanol–water partition coefficient (Wildman–Crippen LogP) is 1.86. The van der Waals surface area contributed by atoms with Crippen LogP contribution in [0.4, 0.5) is 8.78 Å². The lowest BCUT2D eigenvalue weighted by molar-refractivity contribution is -0.706. The fourth-order valence-corrected chi connectivity index (χ4v) is 7.59. The smallest absolute Gasteiger partial charge is 0.261 e. The maximum atomic E-state index is 13.7. The van der Waals surface area contributed by atoms with Crippen LogP contribution in [0, 0.1) is 11.3 Å². The zero-order chi connectivity index (χ0) is 26.2. The van der Waals surface area contributed by atoms with Crippen LogP contribution in [0.15, 0.2) is 12.1 Å². The number of imide groups is 1. The molecule has 0 spiro atoms. The SMILES string of the molecule is CCC12CN(CC3CCC(F)(F)CC3)CCC1(O)c1ccc3c([n+]1C2)CN(C1CCC(=O)NC1=O)C3=O. The van der Waals surface area contributed by atoms with E-state index < -0.39 is 28.9 Å². The van der Waals surface area contributed by atoms with Gasteiger partial charge in [0.2, 0.25) is 29.1 Å². The molecular formula is C27H35F2N4O4+. The number of carbonyl (C=O) groups is 3. The lowest BCUT2D eigenvalue weighted by Gasteiger charge is -2.47. The van der Waals surface area contributed by atoms with Crippen molar-refractivity contribution in [1.29, 1.82) is 0 Å². The van der Waals surface area contributed by atoms with Crippen molar-refractivity contribution in [3.63, 3.8) is 0 Å². The number of piperidine rings is 2. The highest BCUT2D eigenvalue weighted by Gasteiger charge is 2.65. The summed E-state index contributed by atoms with van der Waals surface area (Å²) in [5.74, 6) is -3.26. The normalized spacial score (nSPS) is 33.8. The fourth-order valence-electron chi connectivity index (χ4n) is 7.59. The Morgan fingerprint density at radius 1 is 1.14 bits per heavy atom. The van der Waals surface area contributed by atoms with Crippen LogP contribution in [-0.2, 0) is 28.3 Å². The van der Waals surface area contributed by atoms with Gasteiger partial charge in [-0.3, -0.25) is 19.7 Å². The van der Waals surface area contributed by atoms with E-state index in [2.05, 4.69) is 21.7 Å². The fraction of sp³-hybridized carbons (Fsp3) is 0.704. The molecule has 1 aromatic heterocycles. The molecular weight excluding hydrogens is 482 g/mol. The summed E-state index contributed by atoms with van der Waals surface area (Å²) in [4.78, 5) is 41.3. The van der Waals surface area contributed by atoms with Crippen LogP contribution in [0.5, 0.6) is 0 Å². The summed E-state index contributed by atoms with van der Waals surface area (Å²) in [6, 6.07) is 2.95. The number of carbonyl (C=O) groups excluding carboxylic acids is 3. The number of hydrogen-bond acceptors (Lipinski definition) is 5. The number of rotatable bonds is 4. The van der Waals surface area contributed by atoms with Gasteiger partial charge >= 0.3 is 0 Å². The van der Waals surface area contributed by atoms with Crippen molar-refractivity contribution in [3.05, 3.63) is 29.1 Å². The van der Waals surface area contributed by atoms with E-state index >= 15 is 0 Å². The van der Waals surface area contributed by atoms with Gasteiger partial charge in [0.1, 0.15) is 18.2 Å². The van der Waals surface area contributed by atoms with E-state index in [0.29, 0.717) is 50.9 Å². The minimum absolute atomic E-state index is 0.0422. The molecule has 0 radical (unpaired) electrons. The molecule has 2 N–H and O–H groups in total. The van der Waals surface area contributed by atoms with E-state index in [0.717, 1.165) is 24.4 Å². The first kappa shape index (κ1) is 24.9. The van der Waals surface area contributed by atoms with Crippen molar-refractivity contribution in [2.24, 2.45) is 11.3 Å². The number of halogens is 2. The summed E-state index contributed by atoms with van der Waals surface area (Å²) < 4.78 is 29.4. The maximum absolute atomic E-state index is 13.7. The van der Waals surface area contributed by atoms with Crippen molar-refractivity contribution in [2.45, 2.75) is 88.9 Å². The number of likely N-dealkylation sites (tertiary alicyclic amines) is 1. The van der Waals surface area contributed by atoms with Gasteiger partial charge in [0.05, 0.1) is 5.41 Å². The molecule has 5 aliphatic rings. The minimum Gasteiger partial charge on any atom is -0.378 e. The molecule has 6 rings (SSSR count). The van der Waals surface area contributed by atoms with Gasteiger partial charge in [-0.15, -0.1) is 0 Å². The van der Waals surface area contributed by atoms with Crippen LogP contribution in [0.3, 0.4) is 0 Å². The number of fused-ring (bicyclic) bond motifs is 5. The average molecular weight is 518 g/mol. The number of pyridine rings is 1. The van der Waals surface area contributed by atoms with E-state index in [1.807, 2.05) is 6.07 Å². The Bertz CT molecular complexity index is 1170. The standard InChI is InChI=1S/C27H34F2N4O4/c1-2-25-15-31(13-17-7-9-26(28,29)10-8-17)12-11-27(25,37)21-5-3-18-20(33(21)16-25)14-32(24(18)36)19-4-6-22(34)30-23(19)35/h3,5,17,19,37H,2,4,6-16H2,1H3/p+1. The molecule has 200 valence electrons. The quantitative estimate of drug-likeness (QED) is 0.470. The summed E-state index contributed by atoms with van der Waals surface area (Å²) in [7, 11) is 0. The molecule has 3 unspecified atom stereocenters. The number of hydrogen-bond donors (Lipinski definition) is 2. The molecule has 10 heteroatoms. The van der Waals surface area contributed by atoms with Gasteiger partial charge in [-0.1, -0.05) is 6.92 Å². The van der Waals surface area contributed by atoms with Gasteiger partial charge in [-0.25, -0.2) is 8.78 Å². The summed E-state index contributed by atoms with van der Waals surface area (Å²) in [5.41, 5.74) is 0.670. The number of nitrogens with zero attached hydrogens (tertiary/aromatic N) is 3. The molecule has 3 atom stereocenters. The third kappa shape index (κ3) is 3.81. The molecule has 0 bridgehead atoms. The van der Waals surface area contributed by atoms with E-state index in [1.165, 1.54) is 0 Å². The lowest BCUT2D eigenvalue weighted by atomic mass is 9.66. The molecule has 2 saturated heterocycles. The number of aromatic nitrogens is 1. The van der Waals surface area contributed by atoms with E-state index in [1.54, 1.807) is 11.0 Å². The number of aliphatic hydroxyl groups is 1. The van der Waals surface area contributed by atoms with Crippen LogP contribution < -0.4 is 9.88 Å². The first-order chi connectivity index (χ1) is 17.6. The summed E-state index contributed by atoms with van der Waals surface area (Å²) >= 11 is 0. The Balaban J connectivity index is 1.24. The predicted molar refractivity (Wildman–Crippen MR) is 127 cm³/mol.